The van der Waals surface area contributed by atoms with Gasteiger partial charge in [-0.2, -0.15) is 13.5 Å². The molecule has 0 amide bonds. The van der Waals surface area contributed by atoms with Gasteiger partial charge in [0.15, 0.2) is 0 Å². The molecule has 0 nitrogen and oxygen atoms in total. The highest BCUT2D eigenvalue weighted by molar-refractivity contribution is 7.59. The van der Waals surface area contributed by atoms with Crippen LogP contribution in [-0.2, 0) is 0 Å². The van der Waals surface area contributed by atoms with E-state index >= 15 is 0 Å². The van der Waals surface area contributed by atoms with Crippen LogP contribution in [0.3, 0.4) is 0 Å². The van der Waals surface area contributed by atoms with Crippen molar-refractivity contribution in [1.29, 1.82) is 0 Å². The summed E-state index contributed by atoms with van der Waals surface area (Å²) in [5.41, 5.74) is 0. The summed E-state index contributed by atoms with van der Waals surface area (Å²) in [5.74, 6) is 0. The van der Waals surface area contributed by atoms with Crippen LogP contribution >= 0.6 is 13.5 Å². The third-order valence-corrected chi connectivity index (χ3v) is 0.762. The maximum Gasteiger partial charge on any atom is -0.0354 e. The Morgan fingerprint density at radius 2 is 2.14 bits per heavy atom. The Balaban J connectivity index is 0. The molecule has 0 atom stereocenters. The Kier molecular flexibility index (Phi) is 13.7. The summed E-state index contributed by atoms with van der Waals surface area (Å²) >= 11 is 0. The standard InChI is InChI=1S/C6H12.H2S/c1-3-5-6-4-2;/h3H,1,4-6H2,2H3;1H2. The van der Waals surface area contributed by atoms with Crippen LogP contribution in [0.4, 0.5) is 0 Å². The van der Waals surface area contributed by atoms with E-state index in [0.717, 1.165) is 0 Å². The zero-order valence-corrected chi connectivity index (χ0v) is 5.91. The molecule has 1 heteroatoms. The lowest BCUT2D eigenvalue weighted by Gasteiger charge is -1.81. The van der Waals surface area contributed by atoms with Gasteiger partial charge in [0.25, 0.3) is 0 Å². The predicted octanol–water partition coefficient (Wildman–Crippen LogP) is 2.48. The van der Waals surface area contributed by atoms with E-state index in [-0.39, 0.29) is 13.5 Å². The Morgan fingerprint density at radius 3 is 2.29 bits per heavy atom. The van der Waals surface area contributed by atoms with Crippen molar-refractivity contribution >= 4 is 13.5 Å². The Morgan fingerprint density at radius 1 is 1.57 bits per heavy atom. The van der Waals surface area contributed by atoms with Crippen molar-refractivity contribution in [2.24, 2.45) is 0 Å². The maximum atomic E-state index is 3.60. The summed E-state index contributed by atoms with van der Waals surface area (Å²) in [6.07, 6.45) is 5.72. The van der Waals surface area contributed by atoms with E-state index in [2.05, 4.69) is 13.5 Å². The molecule has 0 aliphatic heterocycles. The first-order valence-electron chi connectivity index (χ1n) is 2.52. The molecular formula is C6H14S. The van der Waals surface area contributed by atoms with Gasteiger partial charge in [-0.1, -0.05) is 25.8 Å². The van der Waals surface area contributed by atoms with Gasteiger partial charge >= 0.3 is 0 Å². The molecular weight excluding hydrogens is 104 g/mol. The predicted molar refractivity (Wildman–Crippen MR) is 40.1 cm³/mol. The van der Waals surface area contributed by atoms with E-state index in [0.29, 0.717) is 0 Å². The van der Waals surface area contributed by atoms with Gasteiger partial charge in [0.1, 0.15) is 0 Å². The second kappa shape index (κ2) is 9.43. The van der Waals surface area contributed by atoms with Gasteiger partial charge in [0.05, 0.1) is 0 Å². The van der Waals surface area contributed by atoms with Gasteiger partial charge in [-0.15, -0.1) is 6.58 Å². The molecule has 0 radical (unpaired) electrons. The molecule has 7 heavy (non-hydrogen) atoms. The van der Waals surface area contributed by atoms with Gasteiger partial charge in [0, 0.05) is 0 Å². The van der Waals surface area contributed by atoms with Crippen LogP contribution < -0.4 is 0 Å². The fraction of sp³-hybridized carbons (Fsp3) is 0.667. The minimum Gasteiger partial charge on any atom is -0.197 e. The number of unbranched alkanes of at least 4 members (excludes halogenated alkanes) is 2. The Bertz CT molecular complexity index is 33.2. The van der Waals surface area contributed by atoms with Gasteiger partial charge in [0.2, 0.25) is 0 Å². The highest BCUT2D eigenvalue weighted by Gasteiger charge is 1.71. The van der Waals surface area contributed by atoms with Crippen LogP contribution in [0.2, 0.25) is 0 Å². The number of hydrogen-bond donors (Lipinski definition) is 0. The molecule has 0 bridgehead atoms. The average molecular weight is 118 g/mol. The van der Waals surface area contributed by atoms with Gasteiger partial charge in [-0.25, -0.2) is 0 Å². The van der Waals surface area contributed by atoms with Crippen molar-refractivity contribution in [1.82, 2.24) is 0 Å². The van der Waals surface area contributed by atoms with Crippen molar-refractivity contribution in [3.8, 4) is 0 Å². The first kappa shape index (κ1) is 10.1. The highest BCUT2D eigenvalue weighted by Crippen LogP contribution is 1.91. The second-order valence-electron chi connectivity index (χ2n) is 1.43. The first-order valence-corrected chi connectivity index (χ1v) is 2.52. The summed E-state index contributed by atoms with van der Waals surface area (Å²) in [5, 5.41) is 0. The van der Waals surface area contributed by atoms with Crippen molar-refractivity contribution in [2.45, 2.75) is 26.2 Å². The molecule has 44 valence electrons. The molecule has 0 aliphatic rings. The summed E-state index contributed by atoms with van der Waals surface area (Å²) in [6.45, 7) is 5.78. The van der Waals surface area contributed by atoms with Crippen LogP contribution in [0.15, 0.2) is 12.7 Å². The summed E-state index contributed by atoms with van der Waals surface area (Å²) in [4.78, 5) is 0. The number of rotatable bonds is 3. The number of allylic oxidation sites excluding steroid dienone is 1. The molecule has 0 fully saturated rings. The van der Waals surface area contributed by atoms with Crippen molar-refractivity contribution in [2.75, 3.05) is 0 Å². The van der Waals surface area contributed by atoms with Crippen LogP contribution in [0.25, 0.3) is 0 Å². The molecule has 0 N–H and O–H groups in total. The normalized spacial score (nSPS) is 7.00. The summed E-state index contributed by atoms with van der Waals surface area (Å²) in [6, 6.07) is 0. The van der Waals surface area contributed by atoms with Crippen LogP contribution in [0.1, 0.15) is 26.2 Å². The molecule has 0 saturated carbocycles. The SMILES string of the molecule is C=CCCCC.S. The molecule has 0 aromatic carbocycles. The van der Waals surface area contributed by atoms with Gasteiger partial charge in [-0.05, 0) is 6.42 Å². The highest BCUT2D eigenvalue weighted by atomic mass is 32.1. The Labute approximate surface area is 53.1 Å². The zero-order valence-electron chi connectivity index (χ0n) is 4.91. The van der Waals surface area contributed by atoms with Crippen molar-refractivity contribution < 1.29 is 0 Å². The third-order valence-electron chi connectivity index (χ3n) is 0.762. The Hall–Kier alpha value is 0.0900. The fourth-order valence-corrected chi connectivity index (χ4v) is 0.348. The third kappa shape index (κ3) is 10.7. The summed E-state index contributed by atoms with van der Waals surface area (Å²) in [7, 11) is 0. The molecule has 0 spiro atoms. The smallest absolute Gasteiger partial charge is 0.0354 e. The van der Waals surface area contributed by atoms with Crippen molar-refractivity contribution in [3.63, 3.8) is 0 Å². The second-order valence-corrected chi connectivity index (χ2v) is 1.43. The molecule has 0 saturated heterocycles. The molecule has 0 aliphatic carbocycles. The van der Waals surface area contributed by atoms with E-state index in [1.807, 2.05) is 6.08 Å². The van der Waals surface area contributed by atoms with E-state index in [1.54, 1.807) is 0 Å². The quantitative estimate of drug-likeness (QED) is 0.394. The monoisotopic (exact) mass is 118 g/mol. The first-order chi connectivity index (χ1) is 2.91. The summed E-state index contributed by atoms with van der Waals surface area (Å²) < 4.78 is 0. The van der Waals surface area contributed by atoms with Crippen LogP contribution in [0.5, 0.6) is 0 Å². The lowest BCUT2D eigenvalue weighted by molar-refractivity contribution is 0.816. The topological polar surface area (TPSA) is 0 Å². The van der Waals surface area contributed by atoms with Crippen LogP contribution in [-0.4, -0.2) is 0 Å². The van der Waals surface area contributed by atoms with Crippen molar-refractivity contribution in [3.05, 3.63) is 12.7 Å². The lowest BCUT2D eigenvalue weighted by atomic mass is 10.3. The van der Waals surface area contributed by atoms with Crippen LogP contribution in [0, 0.1) is 0 Å². The fourth-order valence-electron chi connectivity index (χ4n) is 0.348. The van der Waals surface area contributed by atoms with E-state index in [4.69, 9.17) is 0 Å². The van der Waals surface area contributed by atoms with E-state index in [9.17, 15) is 0 Å². The minimum absolute atomic E-state index is 0. The van der Waals surface area contributed by atoms with E-state index in [1.165, 1.54) is 19.3 Å². The molecule has 0 aromatic heterocycles. The lowest BCUT2D eigenvalue weighted by Crippen LogP contribution is -1.61. The zero-order chi connectivity index (χ0) is 4.83. The average Bonchev–Trinajstić information content (AvgIpc) is 1.61. The van der Waals surface area contributed by atoms with Gasteiger partial charge in [-0.3, -0.25) is 0 Å². The molecule has 0 unspecified atom stereocenters. The largest absolute Gasteiger partial charge is 0.197 e. The minimum atomic E-state index is 0. The molecule has 0 rings (SSSR count). The maximum absolute atomic E-state index is 3.60. The molecule has 0 heterocycles. The molecule has 0 aromatic rings. The van der Waals surface area contributed by atoms with Gasteiger partial charge < -0.3 is 0 Å². The van der Waals surface area contributed by atoms with E-state index < -0.39 is 0 Å². The number of hydrogen-bond acceptors (Lipinski definition) is 0.